The van der Waals surface area contributed by atoms with Crippen LogP contribution in [0.4, 0.5) is 0 Å². The van der Waals surface area contributed by atoms with Crippen molar-refractivity contribution in [3.8, 4) is 0 Å². The minimum Gasteiger partial charge on any atom is -0.345 e. The van der Waals surface area contributed by atoms with Gasteiger partial charge in [-0.15, -0.1) is 0 Å². The average Bonchev–Trinajstić information content (AvgIpc) is 3.05. The molecule has 0 spiro atoms. The number of carbonyl (C=O) groups excluding carboxylic acids is 1. The topological polar surface area (TPSA) is 45.8 Å². The van der Waals surface area contributed by atoms with Crippen LogP contribution in [0.3, 0.4) is 0 Å². The van der Waals surface area contributed by atoms with Crippen LogP contribution in [0.5, 0.6) is 0 Å². The predicted molar refractivity (Wildman–Crippen MR) is 71.6 cm³/mol. The van der Waals surface area contributed by atoms with Crippen LogP contribution in [0.1, 0.15) is 48.9 Å². The molecule has 1 saturated carbocycles. The minimum absolute atomic E-state index is 0.251. The van der Waals surface area contributed by atoms with Gasteiger partial charge in [0.1, 0.15) is 5.65 Å². The molecule has 1 aliphatic carbocycles. The molecule has 0 atom stereocenters. The van der Waals surface area contributed by atoms with Crippen LogP contribution in [0.25, 0.3) is 11.0 Å². The van der Waals surface area contributed by atoms with Gasteiger partial charge in [-0.05, 0) is 24.5 Å². The summed E-state index contributed by atoms with van der Waals surface area (Å²) >= 11 is 0. The lowest BCUT2D eigenvalue weighted by Gasteiger charge is -2.06. The summed E-state index contributed by atoms with van der Waals surface area (Å²) in [4.78, 5) is 19.5. The molecule has 0 saturated heterocycles. The van der Waals surface area contributed by atoms with Gasteiger partial charge in [-0.25, -0.2) is 4.98 Å². The maximum atomic E-state index is 12.2. The van der Waals surface area contributed by atoms with Crippen molar-refractivity contribution in [2.24, 2.45) is 5.92 Å². The maximum absolute atomic E-state index is 12.2. The molecular weight excluding hydrogens is 224 g/mol. The summed E-state index contributed by atoms with van der Waals surface area (Å²) in [7, 11) is 0. The summed E-state index contributed by atoms with van der Waals surface area (Å²) in [5.74, 6) is 1.03. The number of nitrogens with one attached hydrogen (secondary N) is 1. The molecule has 1 fully saturated rings. The second-order valence-electron chi connectivity index (χ2n) is 5.21. The first kappa shape index (κ1) is 11.5. The Morgan fingerprint density at radius 1 is 1.39 bits per heavy atom. The normalized spacial score (nSPS) is 16.4. The number of pyridine rings is 1. The SMILES string of the molecule is O=C(CCC1CCCC1)c1c[nH]c2ncccc12. The molecule has 1 aliphatic rings. The fourth-order valence-corrected chi connectivity index (χ4v) is 2.96. The summed E-state index contributed by atoms with van der Waals surface area (Å²) in [6.07, 6.45) is 10.6. The van der Waals surface area contributed by atoms with Crippen LogP contribution in [0.15, 0.2) is 24.5 Å². The van der Waals surface area contributed by atoms with E-state index in [0.717, 1.165) is 28.9 Å². The van der Waals surface area contributed by atoms with E-state index in [1.54, 1.807) is 12.4 Å². The number of aromatic nitrogens is 2. The van der Waals surface area contributed by atoms with Gasteiger partial charge < -0.3 is 4.98 Å². The van der Waals surface area contributed by atoms with Crippen LogP contribution >= 0.6 is 0 Å². The Hall–Kier alpha value is -1.64. The highest BCUT2D eigenvalue weighted by Gasteiger charge is 2.18. The van der Waals surface area contributed by atoms with E-state index in [4.69, 9.17) is 0 Å². The van der Waals surface area contributed by atoms with Crippen LogP contribution in [-0.4, -0.2) is 15.8 Å². The second kappa shape index (κ2) is 4.92. The van der Waals surface area contributed by atoms with E-state index in [2.05, 4.69) is 9.97 Å². The van der Waals surface area contributed by atoms with Crippen molar-refractivity contribution in [3.05, 3.63) is 30.1 Å². The first-order valence-corrected chi connectivity index (χ1v) is 6.80. The quantitative estimate of drug-likeness (QED) is 0.830. The Bertz CT molecular complexity index is 552. The summed E-state index contributed by atoms with van der Waals surface area (Å²) in [5.41, 5.74) is 1.61. The van der Waals surface area contributed by atoms with Gasteiger partial charge in [-0.2, -0.15) is 0 Å². The molecule has 1 N–H and O–H groups in total. The van der Waals surface area contributed by atoms with Crippen LogP contribution < -0.4 is 0 Å². The number of rotatable bonds is 4. The zero-order valence-electron chi connectivity index (χ0n) is 10.5. The molecule has 3 heteroatoms. The van der Waals surface area contributed by atoms with Gasteiger partial charge in [0.25, 0.3) is 0 Å². The third-order valence-electron chi connectivity index (χ3n) is 4.01. The van der Waals surface area contributed by atoms with Gasteiger partial charge >= 0.3 is 0 Å². The minimum atomic E-state index is 0.251. The summed E-state index contributed by atoms with van der Waals surface area (Å²) in [5, 5.41) is 0.953. The third kappa shape index (κ3) is 2.17. The number of hydrogen-bond acceptors (Lipinski definition) is 2. The lowest BCUT2D eigenvalue weighted by molar-refractivity contribution is 0.0975. The molecule has 0 amide bonds. The van der Waals surface area contributed by atoms with Crippen LogP contribution in [0, 0.1) is 5.92 Å². The molecule has 2 aromatic heterocycles. The molecule has 0 unspecified atom stereocenters. The zero-order chi connectivity index (χ0) is 12.4. The fourth-order valence-electron chi connectivity index (χ4n) is 2.96. The van der Waals surface area contributed by atoms with Crippen molar-refractivity contribution in [2.75, 3.05) is 0 Å². The largest absolute Gasteiger partial charge is 0.345 e. The lowest BCUT2D eigenvalue weighted by atomic mass is 9.97. The molecule has 3 nitrogen and oxygen atoms in total. The van der Waals surface area contributed by atoms with E-state index < -0.39 is 0 Å². The highest BCUT2D eigenvalue weighted by Crippen LogP contribution is 2.29. The number of fused-ring (bicyclic) bond motifs is 1. The van der Waals surface area contributed by atoms with Crippen molar-refractivity contribution >= 4 is 16.8 Å². The number of hydrogen-bond donors (Lipinski definition) is 1. The second-order valence-corrected chi connectivity index (χ2v) is 5.21. The van der Waals surface area contributed by atoms with Gasteiger partial charge in [0.15, 0.2) is 5.78 Å². The van der Waals surface area contributed by atoms with Crippen LogP contribution in [0.2, 0.25) is 0 Å². The monoisotopic (exact) mass is 242 g/mol. The summed E-state index contributed by atoms with van der Waals surface area (Å²) in [6, 6.07) is 3.84. The van der Waals surface area contributed by atoms with Gasteiger partial charge in [-0.1, -0.05) is 25.7 Å². The molecule has 0 bridgehead atoms. The Kier molecular flexibility index (Phi) is 3.13. The molecule has 0 aromatic carbocycles. The average molecular weight is 242 g/mol. The Morgan fingerprint density at radius 2 is 2.22 bits per heavy atom. The molecule has 94 valence electrons. The van der Waals surface area contributed by atoms with Gasteiger partial charge in [0.2, 0.25) is 0 Å². The molecule has 2 aromatic rings. The molecule has 3 rings (SSSR count). The fraction of sp³-hybridized carbons (Fsp3) is 0.467. The maximum Gasteiger partial charge on any atom is 0.165 e. The van der Waals surface area contributed by atoms with Gasteiger partial charge in [0, 0.05) is 29.8 Å². The summed E-state index contributed by atoms with van der Waals surface area (Å²) in [6.45, 7) is 0. The zero-order valence-corrected chi connectivity index (χ0v) is 10.5. The van der Waals surface area contributed by atoms with Crippen molar-refractivity contribution < 1.29 is 4.79 Å². The number of H-pyrrole nitrogens is 1. The van der Waals surface area contributed by atoms with Crippen molar-refractivity contribution in [2.45, 2.75) is 38.5 Å². The molecular formula is C15H18N2O. The van der Waals surface area contributed by atoms with Crippen molar-refractivity contribution in [1.29, 1.82) is 0 Å². The van der Waals surface area contributed by atoms with E-state index in [-0.39, 0.29) is 5.78 Å². The first-order valence-electron chi connectivity index (χ1n) is 6.80. The Labute approximate surface area is 107 Å². The number of Topliss-reactive ketones (excluding diaryl/α,β-unsaturated/α-hetero) is 1. The third-order valence-corrected chi connectivity index (χ3v) is 4.01. The van der Waals surface area contributed by atoms with E-state index in [0.29, 0.717) is 6.42 Å². The highest BCUT2D eigenvalue weighted by molar-refractivity contribution is 6.07. The van der Waals surface area contributed by atoms with Crippen molar-refractivity contribution in [3.63, 3.8) is 0 Å². The number of aromatic amines is 1. The number of carbonyl (C=O) groups is 1. The van der Waals surface area contributed by atoms with Crippen LogP contribution in [-0.2, 0) is 0 Å². The van der Waals surface area contributed by atoms with Crippen molar-refractivity contribution in [1.82, 2.24) is 9.97 Å². The smallest absolute Gasteiger partial charge is 0.165 e. The first-order chi connectivity index (χ1) is 8.84. The van der Waals surface area contributed by atoms with E-state index in [1.165, 1.54) is 25.7 Å². The molecule has 0 aliphatic heterocycles. The number of nitrogens with zero attached hydrogens (tertiary/aromatic N) is 1. The van der Waals surface area contributed by atoms with E-state index >= 15 is 0 Å². The van der Waals surface area contributed by atoms with E-state index in [1.807, 2.05) is 12.1 Å². The highest BCUT2D eigenvalue weighted by atomic mass is 16.1. The molecule has 2 heterocycles. The lowest BCUT2D eigenvalue weighted by Crippen LogP contribution is -2.02. The predicted octanol–water partition coefficient (Wildman–Crippen LogP) is 3.72. The standard InChI is InChI=1S/C15H18N2O/c18-14(8-7-11-4-1-2-5-11)13-10-17-15-12(13)6-3-9-16-15/h3,6,9-11H,1-2,4-5,7-8H2,(H,16,17). The summed E-state index contributed by atoms with van der Waals surface area (Å²) < 4.78 is 0. The molecule has 0 radical (unpaired) electrons. The Balaban J connectivity index is 1.71. The van der Waals surface area contributed by atoms with E-state index in [9.17, 15) is 4.79 Å². The van der Waals surface area contributed by atoms with Gasteiger partial charge in [0.05, 0.1) is 0 Å². The number of ketones is 1. The molecule has 18 heavy (non-hydrogen) atoms. The Morgan fingerprint density at radius 3 is 3.06 bits per heavy atom. The van der Waals surface area contributed by atoms with Gasteiger partial charge in [-0.3, -0.25) is 4.79 Å².